The zero-order valence-corrected chi connectivity index (χ0v) is 7.42. The Hall–Kier alpha value is -0.520. The van der Waals surface area contributed by atoms with Crippen LogP contribution < -0.4 is 5.32 Å². The zero-order chi connectivity index (χ0) is 8.81. The fraction of sp³-hybridized carbons (Fsp3) is 0.800. The smallest absolute Gasteiger partial charge is 0.0665 e. The van der Waals surface area contributed by atoms with Crippen LogP contribution in [0.5, 0.6) is 0 Å². The van der Waals surface area contributed by atoms with Crippen LogP contribution in [-0.4, -0.2) is 23.8 Å². The van der Waals surface area contributed by atoms with Crippen molar-refractivity contribution in [2.75, 3.05) is 6.54 Å². The molecule has 0 bridgehead atoms. The van der Waals surface area contributed by atoms with Crippen molar-refractivity contribution in [3.63, 3.8) is 0 Å². The maximum atomic E-state index is 9.42. The lowest BCUT2D eigenvalue weighted by Crippen LogP contribution is -2.28. The summed E-state index contributed by atoms with van der Waals surface area (Å²) < 4.78 is 0. The summed E-state index contributed by atoms with van der Waals surface area (Å²) in [6, 6.07) is 0.687. The Kier molecular flexibility index (Phi) is 4.13. The van der Waals surface area contributed by atoms with Crippen molar-refractivity contribution in [2.24, 2.45) is 0 Å². The van der Waals surface area contributed by atoms with Crippen molar-refractivity contribution in [1.82, 2.24) is 5.32 Å². The van der Waals surface area contributed by atoms with Gasteiger partial charge in [0.2, 0.25) is 0 Å². The highest BCUT2D eigenvalue weighted by atomic mass is 16.3. The van der Waals surface area contributed by atoms with Crippen LogP contribution in [0, 0.1) is 12.3 Å². The SMILES string of the molecule is C#CCCCC(O)CNC1CC1. The fourth-order valence-corrected chi connectivity index (χ4v) is 1.13. The highest BCUT2D eigenvalue weighted by Gasteiger charge is 2.20. The molecule has 2 heteroatoms. The molecule has 1 saturated carbocycles. The van der Waals surface area contributed by atoms with Gasteiger partial charge in [-0.1, -0.05) is 0 Å². The topological polar surface area (TPSA) is 32.3 Å². The molecule has 0 aromatic rings. The molecule has 0 heterocycles. The quantitative estimate of drug-likeness (QED) is 0.455. The van der Waals surface area contributed by atoms with Gasteiger partial charge in [0.15, 0.2) is 0 Å². The largest absolute Gasteiger partial charge is 0.392 e. The molecule has 0 aromatic heterocycles. The van der Waals surface area contributed by atoms with Crippen molar-refractivity contribution in [3.05, 3.63) is 0 Å². The summed E-state index contributed by atoms with van der Waals surface area (Å²) in [6.45, 7) is 0.731. The second-order valence-corrected chi connectivity index (χ2v) is 3.43. The number of aliphatic hydroxyl groups is 1. The van der Waals surface area contributed by atoms with Crippen LogP contribution >= 0.6 is 0 Å². The van der Waals surface area contributed by atoms with E-state index in [9.17, 15) is 5.11 Å². The molecule has 1 rings (SSSR count). The third kappa shape index (κ3) is 4.38. The molecule has 2 N–H and O–H groups in total. The summed E-state index contributed by atoms with van der Waals surface area (Å²) in [6.07, 6.45) is 9.98. The van der Waals surface area contributed by atoms with E-state index in [1.54, 1.807) is 0 Å². The molecule has 0 spiro atoms. The molecular formula is C10H17NO. The summed E-state index contributed by atoms with van der Waals surface area (Å²) >= 11 is 0. The van der Waals surface area contributed by atoms with Gasteiger partial charge < -0.3 is 10.4 Å². The van der Waals surface area contributed by atoms with E-state index in [-0.39, 0.29) is 6.10 Å². The summed E-state index contributed by atoms with van der Waals surface area (Å²) in [4.78, 5) is 0. The van der Waals surface area contributed by atoms with Crippen LogP contribution in [0.1, 0.15) is 32.1 Å². The number of aliphatic hydroxyl groups excluding tert-OH is 1. The first-order valence-electron chi connectivity index (χ1n) is 4.68. The Morgan fingerprint density at radius 2 is 2.33 bits per heavy atom. The maximum Gasteiger partial charge on any atom is 0.0665 e. The van der Waals surface area contributed by atoms with Gasteiger partial charge >= 0.3 is 0 Å². The minimum atomic E-state index is -0.209. The molecule has 1 aliphatic carbocycles. The molecule has 1 atom stereocenters. The average molecular weight is 167 g/mol. The Morgan fingerprint density at radius 3 is 2.92 bits per heavy atom. The summed E-state index contributed by atoms with van der Waals surface area (Å²) in [5, 5.41) is 12.7. The normalized spacial score (nSPS) is 18.7. The Morgan fingerprint density at radius 1 is 1.58 bits per heavy atom. The van der Waals surface area contributed by atoms with Crippen molar-refractivity contribution in [3.8, 4) is 12.3 Å². The fourth-order valence-electron chi connectivity index (χ4n) is 1.13. The number of rotatable bonds is 6. The number of terminal acetylenes is 1. The number of hydrogen-bond donors (Lipinski definition) is 2. The van der Waals surface area contributed by atoms with Gasteiger partial charge in [-0.2, -0.15) is 0 Å². The van der Waals surface area contributed by atoms with Crippen molar-refractivity contribution in [2.45, 2.75) is 44.2 Å². The minimum Gasteiger partial charge on any atom is -0.392 e. The predicted octanol–water partition coefficient (Wildman–Crippen LogP) is 0.903. The van der Waals surface area contributed by atoms with E-state index >= 15 is 0 Å². The molecule has 0 aromatic carbocycles. The monoisotopic (exact) mass is 167 g/mol. The lowest BCUT2D eigenvalue weighted by molar-refractivity contribution is 0.159. The zero-order valence-electron chi connectivity index (χ0n) is 7.42. The first kappa shape index (κ1) is 9.57. The van der Waals surface area contributed by atoms with E-state index in [0.717, 1.165) is 25.8 Å². The van der Waals surface area contributed by atoms with E-state index in [1.165, 1.54) is 12.8 Å². The standard InChI is InChI=1S/C10H17NO/c1-2-3-4-5-10(12)8-11-9-6-7-9/h1,9-12H,3-8H2. The van der Waals surface area contributed by atoms with Gasteiger partial charge in [0, 0.05) is 19.0 Å². The average Bonchev–Trinajstić information content (AvgIpc) is 2.84. The van der Waals surface area contributed by atoms with Crippen molar-refractivity contribution < 1.29 is 5.11 Å². The summed E-state index contributed by atoms with van der Waals surface area (Å²) in [5.74, 6) is 2.57. The number of hydrogen-bond acceptors (Lipinski definition) is 2. The minimum absolute atomic E-state index is 0.209. The lowest BCUT2D eigenvalue weighted by atomic mass is 10.1. The van der Waals surface area contributed by atoms with Crippen LogP contribution in [0.4, 0.5) is 0 Å². The molecule has 12 heavy (non-hydrogen) atoms. The Labute approximate surface area is 74.4 Å². The first-order valence-corrected chi connectivity index (χ1v) is 4.68. The molecule has 1 unspecified atom stereocenters. The predicted molar refractivity (Wildman–Crippen MR) is 49.7 cm³/mol. The lowest BCUT2D eigenvalue weighted by Gasteiger charge is -2.09. The number of nitrogens with one attached hydrogen (secondary N) is 1. The highest BCUT2D eigenvalue weighted by molar-refractivity contribution is 4.84. The van der Waals surface area contributed by atoms with Crippen molar-refractivity contribution in [1.29, 1.82) is 0 Å². The van der Waals surface area contributed by atoms with Gasteiger partial charge in [0.25, 0.3) is 0 Å². The molecule has 0 radical (unpaired) electrons. The second kappa shape index (κ2) is 5.18. The van der Waals surface area contributed by atoms with Gasteiger partial charge in [0.1, 0.15) is 0 Å². The molecule has 1 aliphatic rings. The molecule has 2 nitrogen and oxygen atoms in total. The number of unbranched alkanes of at least 4 members (excludes halogenated alkanes) is 1. The molecule has 1 fully saturated rings. The molecule has 68 valence electrons. The van der Waals surface area contributed by atoms with Crippen LogP contribution in [0.2, 0.25) is 0 Å². The van der Waals surface area contributed by atoms with E-state index in [0.29, 0.717) is 6.04 Å². The highest BCUT2D eigenvalue weighted by Crippen LogP contribution is 2.18. The van der Waals surface area contributed by atoms with Gasteiger partial charge in [-0.25, -0.2) is 0 Å². The van der Waals surface area contributed by atoms with Gasteiger partial charge in [-0.15, -0.1) is 12.3 Å². The van der Waals surface area contributed by atoms with Crippen LogP contribution in [0.15, 0.2) is 0 Å². The molecule has 0 saturated heterocycles. The third-order valence-corrected chi connectivity index (χ3v) is 2.08. The summed E-state index contributed by atoms with van der Waals surface area (Å²) in [5.41, 5.74) is 0. The van der Waals surface area contributed by atoms with Gasteiger partial charge in [0.05, 0.1) is 6.10 Å². The van der Waals surface area contributed by atoms with Crippen LogP contribution in [0.25, 0.3) is 0 Å². The van der Waals surface area contributed by atoms with Gasteiger partial charge in [-0.05, 0) is 25.7 Å². The van der Waals surface area contributed by atoms with E-state index in [4.69, 9.17) is 6.42 Å². The molecular weight excluding hydrogens is 150 g/mol. The third-order valence-electron chi connectivity index (χ3n) is 2.08. The maximum absolute atomic E-state index is 9.42. The Balaban J connectivity index is 1.88. The first-order chi connectivity index (χ1) is 5.83. The molecule has 0 aliphatic heterocycles. The van der Waals surface area contributed by atoms with E-state index < -0.39 is 0 Å². The van der Waals surface area contributed by atoms with E-state index in [2.05, 4.69) is 11.2 Å². The summed E-state index contributed by atoms with van der Waals surface area (Å²) in [7, 11) is 0. The van der Waals surface area contributed by atoms with Crippen molar-refractivity contribution >= 4 is 0 Å². The molecule has 0 amide bonds. The van der Waals surface area contributed by atoms with E-state index in [1.807, 2.05) is 0 Å². The van der Waals surface area contributed by atoms with Gasteiger partial charge in [-0.3, -0.25) is 0 Å². The van der Waals surface area contributed by atoms with Crippen LogP contribution in [-0.2, 0) is 0 Å². The van der Waals surface area contributed by atoms with Crippen LogP contribution in [0.3, 0.4) is 0 Å². The second-order valence-electron chi connectivity index (χ2n) is 3.43. The Bertz CT molecular complexity index is 158.